The summed E-state index contributed by atoms with van der Waals surface area (Å²) in [4.78, 5) is 25.9. The van der Waals surface area contributed by atoms with E-state index in [2.05, 4.69) is 15.6 Å². The Morgan fingerprint density at radius 2 is 2.28 bits per heavy atom. The molecule has 1 unspecified atom stereocenters. The molecule has 6 nitrogen and oxygen atoms in total. The van der Waals surface area contributed by atoms with Gasteiger partial charge in [-0.3, -0.25) is 14.9 Å². The second kappa shape index (κ2) is 7.07. The number of amides is 1. The summed E-state index contributed by atoms with van der Waals surface area (Å²) < 4.78 is 0. The van der Waals surface area contributed by atoms with Crippen molar-refractivity contribution in [2.24, 2.45) is 0 Å². The van der Waals surface area contributed by atoms with E-state index in [0.717, 1.165) is 12.1 Å². The lowest BCUT2D eigenvalue weighted by Crippen LogP contribution is -2.36. The van der Waals surface area contributed by atoms with Crippen LogP contribution in [0.2, 0.25) is 0 Å². The van der Waals surface area contributed by atoms with Gasteiger partial charge in [0.05, 0.1) is 5.69 Å². The third-order valence-electron chi connectivity index (χ3n) is 2.24. The van der Waals surface area contributed by atoms with Gasteiger partial charge in [-0.25, -0.2) is 4.98 Å². The van der Waals surface area contributed by atoms with Gasteiger partial charge < -0.3 is 10.4 Å². The predicted molar refractivity (Wildman–Crippen MR) is 69.6 cm³/mol. The van der Waals surface area contributed by atoms with E-state index in [1.165, 1.54) is 18.3 Å². The fraction of sp³-hybridized carbons (Fsp3) is 0.545. The van der Waals surface area contributed by atoms with Crippen molar-refractivity contribution in [1.29, 1.82) is 0 Å². The average molecular weight is 271 g/mol. The molecule has 3 N–H and O–H groups in total. The van der Waals surface area contributed by atoms with Crippen LogP contribution in [0.1, 0.15) is 32.4 Å². The number of hydrogen-bond donors (Lipinski definition) is 3. The lowest BCUT2D eigenvalue weighted by molar-refractivity contribution is -0.139. The number of aromatic nitrogens is 1. The molecule has 1 amide bonds. The molecule has 0 saturated carbocycles. The molecule has 0 aliphatic carbocycles. The first-order valence-electron chi connectivity index (χ1n) is 5.71. The van der Waals surface area contributed by atoms with Crippen molar-refractivity contribution >= 4 is 28.3 Å². The molecule has 1 aromatic rings. The molecule has 0 aliphatic rings. The monoisotopic (exact) mass is 271 g/mol. The standard InChI is InChI=1S/C11H17N3O3S/c1-3-4-9(10(16)17)12-5-8-6-18-11(14-8)13-7(2)15/h6,9,12H,3-5H2,1-2H3,(H,16,17)(H,13,14,15). The number of thiazole rings is 1. The lowest BCUT2D eigenvalue weighted by Gasteiger charge is -2.11. The molecule has 18 heavy (non-hydrogen) atoms. The number of aliphatic carboxylic acids is 1. The summed E-state index contributed by atoms with van der Waals surface area (Å²) in [5, 5.41) is 16.8. The van der Waals surface area contributed by atoms with Gasteiger partial charge in [0.2, 0.25) is 5.91 Å². The van der Waals surface area contributed by atoms with Crippen LogP contribution >= 0.6 is 11.3 Å². The van der Waals surface area contributed by atoms with Crippen LogP contribution in [0, 0.1) is 0 Å². The molecular weight excluding hydrogens is 254 g/mol. The first kappa shape index (κ1) is 14.6. The van der Waals surface area contributed by atoms with Crippen molar-refractivity contribution in [3.63, 3.8) is 0 Å². The number of hydrogen-bond acceptors (Lipinski definition) is 5. The zero-order valence-electron chi connectivity index (χ0n) is 10.4. The number of nitrogens with zero attached hydrogens (tertiary/aromatic N) is 1. The molecule has 0 radical (unpaired) electrons. The number of carbonyl (C=O) groups excluding carboxylic acids is 1. The van der Waals surface area contributed by atoms with E-state index in [1.807, 2.05) is 6.92 Å². The second-order valence-corrected chi connectivity index (χ2v) is 4.74. The van der Waals surface area contributed by atoms with Crippen molar-refractivity contribution in [2.45, 2.75) is 39.3 Å². The Morgan fingerprint density at radius 3 is 2.83 bits per heavy atom. The molecule has 1 atom stereocenters. The summed E-state index contributed by atoms with van der Waals surface area (Å²) >= 11 is 1.32. The smallest absolute Gasteiger partial charge is 0.320 e. The minimum absolute atomic E-state index is 0.168. The van der Waals surface area contributed by atoms with Crippen LogP contribution in [0.5, 0.6) is 0 Å². The van der Waals surface area contributed by atoms with E-state index < -0.39 is 12.0 Å². The number of carboxylic acids is 1. The molecule has 0 fully saturated rings. The Morgan fingerprint density at radius 1 is 1.56 bits per heavy atom. The number of rotatable bonds is 7. The summed E-state index contributed by atoms with van der Waals surface area (Å²) in [5.74, 6) is -1.02. The third kappa shape index (κ3) is 4.80. The highest BCUT2D eigenvalue weighted by Gasteiger charge is 2.15. The van der Waals surface area contributed by atoms with Crippen molar-refractivity contribution in [2.75, 3.05) is 5.32 Å². The Bertz CT molecular complexity index is 419. The van der Waals surface area contributed by atoms with E-state index in [0.29, 0.717) is 18.1 Å². The Hall–Kier alpha value is -1.47. The molecule has 1 heterocycles. The molecular formula is C11H17N3O3S. The van der Waals surface area contributed by atoms with Crippen LogP contribution in [0.15, 0.2) is 5.38 Å². The van der Waals surface area contributed by atoms with Crippen molar-refractivity contribution in [3.05, 3.63) is 11.1 Å². The maximum absolute atomic E-state index is 10.9. The number of carboxylic acid groups (broad SMARTS) is 1. The molecule has 1 rings (SSSR count). The van der Waals surface area contributed by atoms with Crippen LogP contribution in [-0.4, -0.2) is 28.0 Å². The second-order valence-electron chi connectivity index (χ2n) is 3.89. The van der Waals surface area contributed by atoms with E-state index in [4.69, 9.17) is 5.11 Å². The number of nitrogens with one attached hydrogen (secondary N) is 2. The van der Waals surface area contributed by atoms with Crippen LogP contribution in [0.4, 0.5) is 5.13 Å². The molecule has 0 aromatic carbocycles. The quantitative estimate of drug-likeness (QED) is 0.698. The summed E-state index contributed by atoms with van der Waals surface area (Å²) in [6.45, 7) is 3.74. The Balaban J connectivity index is 2.49. The maximum atomic E-state index is 10.9. The first-order chi connectivity index (χ1) is 8.52. The fourth-order valence-electron chi connectivity index (χ4n) is 1.43. The Kier molecular flexibility index (Phi) is 5.73. The van der Waals surface area contributed by atoms with Gasteiger partial charge in [-0.2, -0.15) is 0 Å². The molecule has 0 saturated heterocycles. The summed E-state index contributed by atoms with van der Waals surface area (Å²) in [7, 11) is 0. The van der Waals surface area contributed by atoms with E-state index in [1.54, 1.807) is 5.38 Å². The summed E-state index contributed by atoms with van der Waals surface area (Å²) in [6.07, 6.45) is 1.39. The zero-order valence-corrected chi connectivity index (χ0v) is 11.2. The van der Waals surface area contributed by atoms with Gasteiger partial charge >= 0.3 is 5.97 Å². The van der Waals surface area contributed by atoms with Crippen molar-refractivity contribution < 1.29 is 14.7 Å². The normalized spacial score (nSPS) is 12.1. The van der Waals surface area contributed by atoms with Gasteiger partial charge in [0, 0.05) is 18.8 Å². The highest BCUT2D eigenvalue weighted by molar-refractivity contribution is 7.13. The van der Waals surface area contributed by atoms with Crippen LogP contribution in [-0.2, 0) is 16.1 Å². The first-order valence-corrected chi connectivity index (χ1v) is 6.59. The van der Waals surface area contributed by atoms with Gasteiger partial charge in [-0.05, 0) is 6.42 Å². The molecule has 100 valence electrons. The maximum Gasteiger partial charge on any atom is 0.320 e. The highest BCUT2D eigenvalue weighted by atomic mass is 32.1. The van der Waals surface area contributed by atoms with Crippen LogP contribution in [0.25, 0.3) is 0 Å². The van der Waals surface area contributed by atoms with Crippen molar-refractivity contribution in [3.8, 4) is 0 Å². The largest absolute Gasteiger partial charge is 0.480 e. The van der Waals surface area contributed by atoms with Gasteiger partial charge in [0.25, 0.3) is 0 Å². The minimum atomic E-state index is -0.853. The van der Waals surface area contributed by atoms with Crippen molar-refractivity contribution in [1.82, 2.24) is 10.3 Å². The number of anilines is 1. The van der Waals surface area contributed by atoms with Crippen LogP contribution < -0.4 is 10.6 Å². The summed E-state index contributed by atoms with van der Waals surface area (Å²) in [6, 6.07) is -0.555. The fourth-order valence-corrected chi connectivity index (χ4v) is 2.18. The van der Waals surface area contributed by atoms with E-state index >= 15 is 0 Å². The summed E-state index contributed by atoms with van der Waals surface area (Å²) in [5.41, 5.74) is 0.728. The predicted octanol–water partition coefficient (Wildman–Crippen LogP) is 1.44. The van der Waals surface area contributed by atoms with Gasteiger partial charge in [0.1, 0.15) is 6.04 Å². The van der Waals surface area contributed by atoms with E-state index in [-0.39, 0.29) is 5.91 Å². The Labute approximate surface area is 109 Å². The number of carbonyl (C=O) groups is 2. The third-order valence-corrected chi connectivity index (χ3v) is 3.05. The molecule has 0 aliphatic heterocycles. The van der Waals surface area contributed by atoms with E-state index in [9.17, 15) is 9.59 Å². The average Bonchev–Trinajstić information content (AvgIpc) is 2.70. The van der Waals surface area contributed by atoms with Crippen LogP contribution in [0.3, 0.4) is 0 Å². The molecule has 0 spiro atoms. The topological polar surface area (TPSA) is 91.3 Å². The minimum Gasteiger partial charge on any atom is -0.480 e. The lowest BCUT2D eigenvalue weighted by atomic mass is 10.1. The molecule has 1 aromatic heterocycles. The zero-order chi connectivity index (χ0) is 13.5. The SMILES string of the molecule is CCCC(NCc1csc(NC(C)=O)n1)C(=O)O. The van der Waals surface area contributed by atoms with Gasteiger partial charge in [-0.15, -0.1) is 11.3 Å². The molecule has 7 heteroatoms. The highest BCUT2D eigenvalue weighted by Crippen LogP contribution is 2.15. The molecule has 0 bridgehead atoms. The van der Waals surface area contributed by atoms with Gasteiger partial charge in [-0.1, -0.05) is 13.3 Å². The van der Waals surface area contributed by atoms with Gasteiger partial charge in [0.15, 0.2) is 5.13 Å².